The van der Waals surface area contributed by atoms with Gasteiger partial charge in [-0.2, -0.15) is 0 Å². The summed E-state index contributed by atoms with van der Waals surface area (Å²) in [6, 6.07) is 80.1. The van der Waals surface area contributed by atoms with E-state index in [1.807, 2.05) is 0 Å². The quantitative estimate of drug-likeness (QED) is 0.150. The molecule has 0 heterocycles. The van der Waals surface area contributed by atoms with E-state index in [0.29, 0.717) is 0 Å². The Morgan fingerprint density at radius 2 is 0.585 bits per heavy atom. The van der Waals surface area contributed by atoms with Gasteiger partial charge in [-0.1, -0.05) is 146 Å². The molecule has 0 saturated heterocycles. The van der Waals surface area contributed by atoms with Gasteiger partial charge in [-0.15, -0.1) is 0 Å². The third kappa shape index (κ3) is 6.15. The molecule has 0 unspecified atom stereocenters. The summed E-state index contributed by atoms with van der Waals surface area (Å²) in [5, 5.41) is 4.76. The minimum Gasteiger partial charge on any atom is -0.308 e. The monoisotopic (exact) mass is 679 g/mol. The van der Waals surface area contributed by atoms with Gasteiger partial charge < -0.3 is 14.7 Å². The lowest BCUT2D eigenvalue weighted by Gasteiger charge is -2.36. The van der Waals surface area contributed by atoms with Gasteiger partial charge >= 0.3 is 0 Å². The predicted molar refractivity (Wildman–Crippen MR) is 226 cm³/mol. The molecule has 252 valence electrons. The largest absolute Gasteiger partial charge is 0.308 e. The fourth-order valence-electron chi connectivity index (χ4n) is 7.38. The first-order valence-electron chi connectivity index (χ1n) is 18.0. The number of hydrogen-bond donors (Lipinski definition) is 0. The number of para-hydroxylation sites is 7. The molecule has 9 aromatic carbocycles. The molecule has 53 heavy (non-hydrogen) atoms. The maximum absolute atomic E-state index is 2.45. The molecule has 0 aliphatic rings. The number of fused-ring (bicyclic) bond motifs is 2. The molecule has 0 amide bonds. The van der Waals surface area contributed by atoms with Crippen LogP contribution in [-0.4, -0.2) is 0 Å². The molecule has 0 N–H and O–H groups in total. The zero-order chi connectivity index (χ0) is 35.4. The molecule has 9 rings (SSSR count). The van der Waals surface area contributed by atoms with Crippen molar-refractivity contribution in [3.05, 3.63) is 224 Å². The van der Waals surface area contributed by atoms with Gasteiger partial charge in [0.25, 0.3) is 0 Å². The zero-order valence-electron chi connectivity index (χ0n) is 29.2. The van der Waals surface area contributed by atoms with Crippen LogP contribution in [-0.2, 0) is 0 Å². The second kappa shape index (κ2) is 14.3. The van der Waals surface area contributed by atoms with Crippen LogP contribution in [0.25, 0.3) is 21.5 Å². The summed E-state index contributed by atoms with van der Waals surface area (Å²) in [5.41, 5.74) is 9.65. The number of nitrogens with zero attached hydrogens (tertiary/aromatic N) is 3. The Hall–Kier alpha value is -7.10. The second-order valence-corrected chi connectivity index (χ2v) is 13.0. The van der Waals surface area contributed by atoms with Crippen molar-refractivity contribution in [3.8, 4) is 0 Å². The van der Waals surface area contributed by atoms with Crippen molar-refractivity contribution in [2.75, 3.05) is 14.7 Å². The van der Waals surface area contributed by atoms with Crippen molar-refractivity contribution in [1.82, 2.24) is 0 Å². The lowest BCUT2D eigenvalue weighted by Crippen LogP contribution is -2.20. The van der Waals surface area contributed by atoms with Crippen molar-refractivity contribution >= 4 is 72.7 Å². The summed E-state index contributed by atoms with van der Waals surface area (Å²) < 4.78 is 0. The first-order valence-corrected chi connectivity index (χ1v) is 18.0. The van der Waals surface area contributed by atoms with Crippen molar-refractivity contribution in [2.24, 2.45) is 0 Å². The van der Waals surface area contributed by atoms with Crippen LogP contribution in [0.3, 0.4) is 0 Å². The summed E-state index contributed by atoms with van der Waals surface area (Å²) in [6.45, 7) is 0. The van der Waals surface area contributed by atoms with Crippen LogP contribution in [0.4, 0.5) is 51.2 Å². The highest BCUT2D eigenvalue weighted by Gasteiger charge is 2.27. The lowest BCUT2D eigenvalue weighted by molar-refractivity contribution is 1.21. The van der Waals surface area contributed by atoms with E-state index in [4.69, 9.17) is 0 Å². The lowest BCUT2D eigenvalue weighted by atomic mass is 10.0. The highest BCUT2D eigenvalue weighted by Crippen LogP contribution is 2.51. The minimum absolute atomic E-state index is 1.05. The van der Waals surface area contributed by atoms with Crippen molar-refractivity contribution in [2.45, 2.75) is 0 Å². The third-order valence-electron chi connectivity index (χ3n) is 9.77. The van der Waals surface area contributed by atoms with E-state index >= 15 is 0 Å². The van der Waals surface area contributed by atoms with E-state index in [2.05, 4.69) is 239 Å². The summed E-state index contributed by atoms with van der Waals surface area (Å²) >= 11 is 0. The third-order valence-corrected chi connectivity index (χ3v) is 9.77. The number of anilines is 9. The van der Waals surface area contributed by atoms with Gasteiger partial charge in [-0.05, 0) is 95.0 Å². The Labute approximate surface area is 310 Å². The number of rotatable bonds is 9. The molecule has 0 bridgehead atoms. The van der Waals surface area contributed by atoms with E-state index in [-0.39, 0.29) is 0 Å². The van der Waals surface area contributed by atoms with Crippen LogP contribution in [0.15, 0.2) is 224 Å². The highest BCUT2D eigenvalue weighted by atomic mass is 15.2. The molecular weight excluding hydrogens is 643 g/mol. The van der Waals surface area contributed by atoms with Crippen LogP contribution in [0.1, 0.15) is 0 Å². The molecule has 0 spiro atoms. The maximum Gasteiger partial charge on any atom is 0.0703 e. The fourth-order valence-corrected chi connectivity index (χ4v) is 7.38. The Morgan fingerprint density at radius 3 is 1.13 bits per heavy atom. The molecule has 0 aliphatic heterocycles. The van der Waals surface area contributed by atoms with Gasteiger partial charge in [0.05, 0.1) is 28.4 Å². The normalized spacial score (nSPS) is 11.0. The molecule has 0 aliphatic carbocycles. The Bertz CT molecular complexity index is 2590. The molecule has 3 nitrogen and oxygen atoms in total. The van der Waals surface area contributed by atoms with Crippen LogP contribution < -0.4 is 14.7 Å². The van der Waals surface area contributed by atoms with E-state index in [1.54, 1.807) is 0 Å². The summed E-state index contributed by atoms with van der Waals surface area (Å²) in [5.74, 6) is 0. The summed E-state index contributed by atoms with van der Waals surface area (Å²) in [4.78, 5) is 7.19. The molecule has 0 saturated carbocycles. The second-order valence-electron chi connectivity index (χ2n) is 13.0. The van der Waals surface area contributed by atoms with Crippen LogP contribution >= 0.6 is 0 Å². The summed E-state index contributed by atoms with van der Waals surface area (Å²) in [7, 11) is 0. The van der Waals surface area contributed by atoms with Crippen LogP contribution in [0, 0.1) is 0 Å². The van der Waals surface area contributed by atoms with E-state index in [0.717, 1.165) is 51.2 Å². The van der Waals surface area contributed by atoms with E-state index in [9.17, 15) is 0 Å². The summed E-state index contributed by atoms with van der Waals surface area (Å²) in [6.07, 6.45) is 0. The van der Waals surface area contributed by atoms with Crippen LogP contribution in [0.5, 0.6) is 0 Å². The Kier molecular flexibility index (Phi) is 8.57. The van der Waals surface area contributed by atoms with Gasteiger partial charge in [0.2, 0.25) is 0 Å². The zero-order valence-corrected chi connectivity index (χ0v) is 29.2. The first kappa shape index (κ1) is 31.9. The van der Waals surface area contributed by atoms with E-state index in [1.165, 1.54) is 21.5 Å². The molecule has 0 radical (unpaired) electrons. The van der Waals surface area contributed by atoms with Crippen molar-refractivity contribution in [3.63, 3.8) is 0 Å². The van der Waals surface area contributed by atoms with Crippen molar-refractivity contribution in [1.29, 1.82) is 0 Å². The number of hydrogen-bond acceptors (Lipinski definition) is 3. The van der Waals surface area contributed by atoms with Gasteiger partial charge in [-0.25, -0.2) is 0 Å². The average Bonchev–Trinajstić information content (AvgIpc) is 3.23. The predicted octanol–water partition coefficient (Wildman–Crippen LogP) is 14.4. The fraction of sp³-hybridized carbons (Fsp3) is 0. The molecule has 3 heteroatoms. The molecule has 0 aromatic heterocycles. The molecule has 9 aromatic rings. The smallest absolute Gasteiger partial charge is 0.0703 e. The SMILES string of the molecule is c1ccc(N(c2ccccc2)c2ccccc2N(c2ccccc2N(c2ccccc2)c2ccc3ccccc3c2)c2cccc3ccccc23)cc1. The topological polar surface area (TPSA) is 9.72 Å². The minimum atomic E-state index is 1.05. The van der Waals surface area contributed by atoms with Crippen LogP contribution in [0.2, 0.25) is 0 Å². The van der Waals surface area contributed by atoms with Gasteiger partial charge in [-0.3, -0.25) is 0 Å². The van der Waals surface area contributed by atoms with Gasteiger partial charge in [0.1, 0.15) is 0 Å². The molecule has 0 atom stereocenters. The van der Waals surface area contributed by atoms with Crippen molar-refractivity contribution < 1.29 is 0 Å². The Morgan fingerprint density at radius 1 is 0.208 bits per heavy atom. The van der Waals surface area contributed by atoms with Gasteiger partial charge in [0, 0.05) is 28.1 Å². The molecular formula is C50H37N3. The highest BCUT2D eigenvalue weighted by molar-refractivity contribution is 6.04. The first-order chi connectivity index (χ1) is 26.3. The standard InChI is InChI=1S/C50H37N3/c1-4-23-41(24-5-1)51(42-25-6-2-7-26-42)47-30-14-16-32-49(47)53(46-34-18-22-39-20-12-13-29-45(39)46)50-33-17-15-31-48(50)52(43-27-8-3-9-28-43)44-36-35-38-19-10-11-21-40(38)37-44/h1-37H. The number of benzene rings is 9. The maximum atomic E-state index is 2.45. The van der Waals surface area contributed by atoms with Gasteiger partial charge in [0.15, 0.2) is 0 Å². The van der Waals surface area contributed by atoms with E-state index < -0.39 is 0 Å². The average molecular weight is 680 g/mol. The molecule has 0 fully saturated rings. The Balaban J connectivity index is 1.34.